The summed E-state index contributed by atoms with van der Waals surface area (Å²) in [5.41, 5.74) is 0.319. The van der Waals surface area contributed by atoms with Crippen molar-refractivity contribution in [3.05, 3.63) is 75.7 Å². The standard InChI is InChI=1S/C23H20F3N3O3S/c1-14(30)27-19-9-8-17(23(24,25)26)11-20(19)29-22(31)10-7-16-5-3-4-6-21(16)32-12-18-13-33-15(2)28-18/h3-11,13H,12H2,1-2H3,(H,27,30)(H,29,31)/b10-7+. The second kappa shape index (κ2) is 10.3. The molecular formula is C23H20F3N3O3S. The number of nitrogens with zero attached hydrogens (tertiary/aromatic N) is 1. The number of rotatable bonds is 7. The number of carbonyl (C=O) groups is 2. The summed E-state index contributed by atoms with van der Waals surface area (Å²) >= 11 is 1.51. The summed E-state index contributed by atoms with van der Waals surface area (Å²) in [5, 5.41) is 7.61. The molecule has 0 radical (unpaired) electrons. The van der Waals surface area contributed by atoms with Gasteiger partial charge in [0.05, 0.1) is 27.6 Å². The molecule has 0 spiro atoms. The fourth-order valence-electron chi connectivity index (χ4n) is 2.84. The topological polar surface area (TPSA) is 80.3 Å². The summed E-state index contributed by atoms with van der Waals surface area (Å²) in [6.07, 6.45) is -1.94. The molecular weight excluding hydrogens is 455 g/mol. The second-order valence-electron chi connectivity index (χ2n) is 6.95. The molecule has 0 aliphatic rings. The Morgan fingerprint density at radius 2 is 1.88 bits per heavy atom. The van der Waals surface area contributed by atoms with Crippen LogP contribution in [-0.2, 0) is 22.4 Å². The van der Waals surface area contributed by atoms with Crippen molar-refractivity contribution in [3.8, 4) is 5.75 Å². The normalized spacial score (nSPS) is 11.4. The third kappa shape index (κ3) is 6.91. The average molecular weight is 475 g/mol. The van der Waals surface area contributed by atoms with E-state index in [-0.39, 0.29) is 18.0 Å². The molecule has 0 bridgehead atoms. The molecule has 172 valence electrons. The van der Waals surface area contributed by atoms with Crippen molar-refractivity contribution in [2.75, 3.05) is 10.6 Å². The Labute approximate surface area is 192 Å². The first-order valence-corrected chi connectivity index (χ1v) is 10.6. The number of nitrogens with one attached hydrogen (secondary N) is 2. The molecule has 0 aliphatic heterocycles. The Balaban J connectivity index is 1.75. The molecule has 2 amide bonds. The number of amides is 2. The van der Waals surface area contributed by atoms with Gasteiger partial charge in [-0.05, 0) is 37.3 Å². The highest BCUT2D eigenvalue weighted by atomic mass is 32.1. The van der Waals surface area contributed by atoms with Crippen LogP contribution in [0.15, 0.2) is 53.9 Å². The van der Waals surface area contributed by atoms with Crippen molar-refractivity contribution in [2.45, 2.75) is 26.6 Å². The van der Waals surface area contributed by atoms with E-state index in [0.717, 1.165) is 28.9 Å². The number of aryl methyl sites for hydroxylation is 1. The minimum atomic E-state index is -4.60. The summed E-state index contributed by atoms with van der Waals surface area (Å²) < 4.78 is 45.0. The first kappa shape index (κ1) is 24.0. The van der Waals surface area contributed by atoms with E-state index in [1.165, 1.54) is 30.4 Å². The van der Waals surface area contributed by atoms with Gasteiger partial charge in [0.1, 0.15) is 12.4 Å². The van der Waals surface area contributed by atoms with Crippen molar-refractivity contribution < 1.29 is 27.5 Å². The predicted octanol–water partition coefficient (Wildman–Crippen LogP) is 5.66. The molecule has 1 aromatic heterocycles. The van der Waals surface area contributed by atoms with Crippen molar-refractivity contribution in [3.63, 3.8) is 0 Å². The van der Waals surface area contributed by atoms with Gasteiger partial charge in [-0.3, -0.25) is 9.59 Å². The molecule has 6 nitrogen and oxygen atoms in total. The van der Waals surface area contributed by atoms with Gasteiger partial charge in [0.2, 0.25) is 11.8 Å². The van der Waals surface area contributed by atoms with Crippen LogP contribution < -0.4 is 15.4 Å². The van der Waals surface area contributed by atoms with E-state index in [1.807, 2.05) is 12.3 Å². The number of alkyl halides is 3. The van der Waals surface area contributed by atoms with E-state index in [0.29, 0.717) is 11.3 Å². The zero-order valence-corrected chi connectivity index (χ0v) is 18.5. The predicted molar refractivity (Wildman–Crippen MR) is 121 cm³/mol. The third-order valence-electron chi connectivity index (χ3n) is 4.29. The number of halogens is 3. The van der Waals surface area contributed by atoms with Gasteiger partial charge in [-0.2, -0.15) is 13.2 Å². The first-order valence-electron chi connectivity index (χ1n) is 9.72. The Kier molecular flexibility index (Phi) is 7.49. The zero-order valence-electron chi connectivity index (χ0n) is 17.7. The number of hydrogen-bond donors (Lipinski definition) is 2. The lowest BCUT2D eigenvalue weighted by Gasteiger charge is -2.14. The molecule has 2 N–H and O–H groups in total. The van der Waals surface area contributed by atoms with Crippen LogP contribution in [0.5, 0.6) is 5.75 Å². The smallest absolute Gasteiger partial charge is 0.416 e. The number of ether oxygens (including phenoxy) is 1. The van der Waals surface area contributed by atoms with Gasteiger partial charge in [0.25, 0.3) is 0 Å². The fraction of sp³-hybridized carbons (Fsp3) is 0.174. The minimum absolute atomic E-state index is 0.0551. The van der Waals surface area contributed by atoms with E-state index in [1.54, 1.807) is 24.3 Å². The van der Waals surface area contributed by atoms with Crippen molar-refractivity contribution in [1.29, 1.82) is 0 Å². The van der Waals surface area contributed by atoms with E-state index >= 15 is 0 Å². The number of hydrogen-bond acceptors (Lipinski definition) is 5. The Bertz CT molecular complexity index is 1190. The highest BCUT2D eigenvalue weighted by molar-refractivity contribution is 7.09. The molecule has 10 heteroatoms. The average Bonchev–Trinajstić information content (AvgIpc) is 3.16. The van der Waals surface area contributed by atoms with Gasteiger partial charge in [-0.1, -0.05) is 18.2 Å². The van der Waals surface area contributed by atoms with E-state index < -0.39 is 23.6 Å². The number of anilines is 2. The molecule has 0 atom stereocenters. The van der Waals surface area contributed by atoms with Crippen LogP contribution >= 0.6 is 11.3 Å². The molecule has 33 heavy (non-hydrogen) atoms. The maximum atomic E-state index is 13.1. The number of carbonyl (C=O) groups excluding carboxylic acids is 2. The van der Waals surface area contributed by atoms with Crippen molar-refractivity contribution in [1.82, 2.24) is 4.98 Å². The van der Waals surface area contributed by atoms with E-state index in [2.05, 4.69) is 15.6 Å². The maximum Gasteiger partial charge on any atom is 0.416 e. The number of aromatic nitrogens is 1. The largest absolute Gasteiger partial charge is 0.487 e. The van der Waals surface area contributed by atoms with Crippen LogP contribution in [0.3, 0.4) is 0 Å². The van der Waals surface area contributed by atoms with Gasteiger partial charge in [0, 0.05) is 23.9 Å². The van der Waals surface area contributed by atoms with E-state index in [4.69, 9.17) is 4.74 Å². The Morgan fingerprint density at radius 3 is 2.55 bits per heavy atom. The van der Waals surface area contributed by atoms with Gasteiger partial charge in [-0.25, -0.2) is 4.98 Å². The summed E-state index contributed by atoms with van der Waals surface area (Å²) in [4.78, 5) is 28.1. The molecule has 3 rings (SSSR count). The van der Waals surface area contributed by atoms with Crippen molar-refractivity contribution >= 4 is 40.6 Å². The maximum absolute atomic E-state index is 13.1. The van der Waals surface area contributed by atoms with Crippen LogP contribution in [0.2, 0.25) is 0 Å². The fourth-order valence-corrected chi connectivity index (χ4v) is 3.44. The summed E-state index contributed by atoms with van der Waals surface area (Å²) in [7, 11) is 0. The summed E-state index contributed by atoms with van der Waals surface area (Å²) in [6.45, 7) is 3.37. The molecule has 3 aromatic rings. The first-order chi connectivity index (χ1) is 15.6. The monoisotopic (exact) mass is 475 g/mol. The molecule has 0 fully saturated rings. The van der Waals surface area contributed by atoms with E-state index in [9.17, 15) is 22.8 Å². The van der Waals surface area contributed by atoms with Gasteiger partial charge >= 0.3 is 6.18 Å². The number of thiazole rings is 1. The molecule has 1 heterocycles. The Morgan fingerprint density at radius 1 is 1.12 bits per heavy atom. The van der Waals surface area contributed by atoms with Crippen LogP contribution in [0.4, 0.5) is 24.5 Å². The SMILES string of the molecule is CC(=O)Nc1ccc(C(F)(F)F)cc1NC(=O)/C=C/c1ccccc1OCc1csc(C)n1. The van der Waals surface area contributed by atoms with Gasteiger partial charge < -0.3 is 15.4 Å². The lowest BCUT2D eigenvalue weighted by Crippen LogP contribution is -2.15. The lowest BCUT2D eigenvalue weighted by molar-refractivity contribution is -0.137. The molecule has 0 saturated heterocycles. The number of benzene rings is 2. The zero-order chi connectivity index (χ0) is 24.0. The highest BCUT2D eigenvalue weighted by Gasteiger charge is 2.31. The van der Waals surface area contributed by atoms with Crippen LogP contribution in [-0.4, -0.2) is 16.8 Å². The third-order valence-corrected chi connectivity index (χ3v) is 5.11. The minimum Gasteiger partial charge on any atom is -0.487 e. The molecule has 0 saturated carbocycles. The highest BCUT2D eigenvalue weighted by Crippen LogP contribution is 2.34. The van der Waals surface area contributed by atoms with Crippen LogP contribution in [0.25, 0.3) is 6.08 Å². The van der Waals surface area contributed by atoms with Crippen LogP contribution in [0, 0.1) is 6.92 Å². The molecule has 2 aromatic carbocycles. The van der Waals surface area contributed by atoms with Crippen molar-refractivity contribution in [2.24, 2.45) is 0 Å². The molecule has 0 aliphatic carbocycles. The van der Waals surface area contributed by atoms with Gasteiger partial charge in [0.15, 0.2) is 0 Å². The van der Waals surface area contributed by atoms with Gasteiger partial charge in [-0.15, -0.1) is 11.3 Å². The quantitative estimate of drug-likeness (QED) is 0.432. The number of para-hydroxylation sites is 1. The second-order valence-corrected chi connectivity index (χ2v) is 8.01. The summed E-state index contributed by atoms with van der Waals surface area (Å²) in [5.74, 6) is -0.641. The Hall–Kier alpha value is -3.66. The lowest BCUT2D eigenvalue weighted by atomic mass is 10.1. The summed E-state index contributed by atoms with van der Waals surface area (Å²) in [6, 6.07) is 9.70. The van der Waals surface area contributed by atoms with Crippen LogP contribution in [0.1, 0.15) is 28.8 Å². The molecule has 0 unspecified atom stereocenters.